The first-order chi connectivity index (χ1) is 10.3. The second-order valence-electron chi connectivity index (χ2n) is 5.59. The zero-order valence-electron chi connectivity index (χ0n) is 12.3. The summed E-state index contributed by atoms with van der Waals surface area (Å²) in [7, 11) is 0. The number of likely N-dealkylation sites (tertiary alicyclic amines) is 1. The van der Waals surface area contributed by atoms with E-state index in [0.29, 0.717) is 11.7 Å². The molecular formula is C15H21N5O. The molecule has 1 saturated heterocycles. The smallest absolute Gasteiger partial charge is 0.274 e. The zero-order chi connectivity index (χ0) is 14.7. The van der Waals surface area contributed by atoms with Crippen LogP contribution in [-0.4, -0.2) is 43.6 Å². The third kappa shape index (κ3) is 2.99. The van der Waals surface area contributed by atoms with Gasteiger partial charge in [-0.05, 0) is 25.3 Å². The first kappa shape index (κ1) is 13.9. The Morgan fingerprint density at radius 1 is 1.52 bits per heavy atom. The number of aromatic amines is 1. The molecule has 1 fully saturated rings. The van der Waals surface area contributed by atoms with Crippen LogP contribution in [0.25, 0.3) is 0 Å². The monoisotopic (exact) mass is 287 g/mol. The highest BCUT2D eigenvalue weighted by Gasteiger charge is 2.26. The van der Waals surface area contributed by atoms with Crippen molar-refractivity contribution in [1.82, 2.24) is 24.6 Å². The predicted octanol–water partition coefficient (Wildman–Crippen LogP) is 2.04. The number of carbonyl (C=O) groups is 1. The number of hydrogen-bond donors (Lipinski definition) is 1. The van der Waals surface area contributed by atoms with Gasteiger partial charge in [-0.25, -0.2) is 4.98 Å². The summed E-state index contributed by atoms with van der Waals surface area (Å²) in [5, 5.41) is 7.12. The maximum absolute atomic E-state index is 12.6. The van der Waals surface area contributed by atoms with Gasteiger partial charge >= 0.3 is 0 Å². The summed E-state index contributed by atoms with van der Waals surface area (Å²) in [6.07, 6.45) is 9.65. The zero-order valence-corrected chi connectivity index (χ0v) is 12.3. The number of imidazole rings is 1. The average Bonchev–Trinajstić information content (AvgIpc) is 3.18. The van der Waals surface area contributed by atoms with Crippen LogP contribution in [-0.2, 0) is 6.42 Å². The lowest BCUT2D eigenvalue weighted by Crippen LogP contribution is -2.40. The molecule has 1 aliphatic rings. The Labute approximate surface area is 124 Å². The second kappa shape index (κ2) is 6.11. The third-order valence-electron chi connectivity index (χ3n) is 4.00. The molecule has 0 radical (unpaired) electrons. The topological polar surface area (TPSA) is 66.8 Å². The van der Waals surface area contributed by atoms with E-state index in [1.165, 1.54) is 0 Å². The Morgan fingerprint density at radius 2 is 2.43 bits per heavy atom. The van der Waals surface area contributed by atoms with E-state index >= 15 is 0 Å². The molecule has 0 saturated carbocycles. The fraction of sp³-hybridized carbons (Fsp3) is 0.533. The summed E-state index contributed by atoms with van der Waals surface area (Å²) in [6.45, 7) is 3.65. The molecule has 0 aromatic carbocycles. The Kier molecular flexibility index (Phi) is 4.03. The highest BCUT2D eigenvalue weighted by molar-refractivity contribution is 5.92. The molecule has 0 spiro atoms. The van der Waals surface area contributed by atoms with E-state index in [9.17, 15) is 4.79 Å². The molecule has 2 aromatic rings. The number of carbonyl (C=O) groups excluding carboxylic acids is 1. The number of piperidine rings is 1. The van der Waals surface area contributed by atoms with Crippen molar-refractivity contribution in [2.24, 2.45) is 0 Å². The number of H-pyrrole nitrogens is 1. The number of aryl methyl sites for hydroxylation is 1. The molecule has 2 aromatic heterocycles. The molecule has 0 aliphatic carbocycles. The number of aromatic nitrogens is 4. The van der Waals surface area contributed by atoms with Crippen molar-refractivity contribution in [3.05, 3.63) is 36.2 Å². The lowest BCUT2D eigenvalue weighted by atomic mass is 10.1. The highest BCUT2D eigenvalue weighted by atomic mass is 16.2. The quantitative estimate of drug-likeness (QED) is 0.935. The van der Waals surface area contributed by atoms with E-state index in [1.54, 1.807) is 6.20 Å². The Bertz CT molecular complexity index is 589. The van der Waals surface area contributed by atoms with Crippen LogP contribution in [0.3, 0.4) is 0 Å². The minimum absolute atomic E-state index is 0.0263. The normalized spacial score (nSPS) is 18.9. The van der Waals surface area contributed by atoms with Gasteiger partial charge in [-0.15, -0.1) is 0 Å². The van der Waals surface area contributed by atoms with E-state index in [0.717, 1.165) is 44.5 Å². The molecule has 1 atom stereocenters. The number of amides is 1. The van der Waals surface area contributed by atoms with E-state index in [2.05, 4.69) is 26.7 Å². The summed E-state index contributed by atoms with van der Waals surface area (Å²) in [4.78, 5) is 18.5. The van der Waals surface area contributed by atoms with Crippen molar-refractivity contribution in [1.29, 1.82) is 0 Å². The maximum atomic E-state index is 12.6. The van der Waals surface area contributed by atoms with Crippen LogP contribution in [0.4, 0.5) is 0 Å². The number of nitrogens with zero attached hydrogens (tertiary/aromatic N) is 4. The maximum Gasteiger partial charge on any atom is 0.274 e. The minimum Gasteiger partial charge on any atom is -0.335 e. The van der Waals surface area contributed by atoms with Crippen LogP contribution in [0.5, 0.6) is 0 Å². The van der Waals surface area contributed by atoms with E-state index < -0.39 is 0 Å². The summed E-state index contributed by atoms with van der Waals surface area (Å²) in [6, 6.07) is 2.20. The lowest BCUT2D eigenvalue weighted by Gasteiger charge is -2.32. The van der Waals surface area contributed by atoms with Gasteiger partial charge in [-0.1, -0.05) is 13.3 Å². The standard InChI is InChI=1S/C15H21N5O/c1-2-4-12-9-14(18-17-12)15(21)19-7-3-5-13(10-19)20-8-6-16-11-20/h6,8-9,11,13H,2-5,7,10H2,1H3,(H,17,18). The van der Waals surface area contributed by atoms with Crippen LogP contribution in [0.2, 0.25) is 0 Å². The molecule has 6 heteroatoms. The van der Waals surface area contributed by atoms with Crippen LogP contribution >= 0.6 is 0 Å². The van der Waals surface area contributed by atoms with Gasteiger partial charge in [-0.3, -0.25) is 9.89 Å². The molecule has 6 nitrogen and oxygen atoms in total. The van der Waals surface area contributed by atoms with Crippen molar-refractivity contribution in [3.8, 4) is 0 Å². The van der Waals surface area contributed by atoms with Crippen molar-refractivity contribution in [2.75, 3.05) is 13.1 Å². The number of hydrogen-bond acceptors (Lipinski definition) is 3. The fourth-order valence-electron chi connectivity index (χ4n) is 2.90. The molecule has 1 unspecified atom stereocenters. The molecule has 1 N–H and O–H groups in total. The third-order valence-corrected chi connectivity index (χ3v) is 4.00. The molecular weight excluding hydrogens is 266 g/mol. The fourth-order valence-corrected chi connectivity index (χ4v) is 2.90. The van der Waals surface area contributed by atoms with Gasteiger partial charge in [0, 0.05) is 31.2 Å². The van der Waals surface area contributed by atoms with Gasteiger partial charge < -0.3 is 9.47 Å². The van der Waals surface area contributed by atoms with Crippen molar-refractivity contribution in [2.45, 2.75) is 38.6 Å². The van der Waals surface area contributed by atoms with Crippen LogP contribution in [0.15, 0.2) is 24.8 Å². The summed E-state index contributed by atoms with van der Waals surface area (Å²) >= 11 is 0. The molecule has 3 heterocycles. The van der Waals surface area contributed by atoms with Crippen LogP contribution in [0.1, 0.15) is 48.4 Å². The van der Waals surface area contributed by atoms with Crippen molar-refractivity contribution in [3.63, 3.8) is 0 Å². The SMILES string of the molecule is CCCc1cc(C(=O)N2CCCC(n3ccnc3)C2)n[nH]1. The van der Waals surface area contributed by atoms with Gasteiger partial charge in [-0.2, -0.15) is 5.10 Å². The predicted molar refractivity (Wildman–Crippen MR) is 79.0 cm³/mol. The van der Waals surface area contributed by atoms with Gasteiger partial charge in [0.2, 0.25) is 0 Å². The van der Waals surface area contributed by atoms with E-state index in [1.807, 2.05) is 23.5 Å². The highest BCUT2D eigenvalue weighted by Crippen LogP contribution is 2.22. The summed E-state index contributed by atoms with van der Waals surface area (Å²) in [5.74, 6) is 0.0263. The van der Waals surface area contributed by atoms with Crippen molar-refractivity contribution >= 4 is 5.91 Å². The number of nitrogens with one attached hydrogen (secondary N) is 1. The van der Waals surface area contributed by atoms with Gasteiger partial charge in [0.25, 0.3) is 5.91 Å². The second-order valence-corrected chi connectivity index (χ2v) is 5.59. The van der Waals surface area contributed by atoms with Crippen molar-refractivity contribution < 1.29 is 4.79 Å². The molecule has 3 rings (SSSR count). The minimum atomic E-state index is 0.0263. The average molecular weight is 287 g/mol. The Hall–Kier alpha value is -2.11. The molecule has 21 heavy (non-hydrogen) atoms. The molecule has 1 aliphatic heterocycles. The van der Waals surface area contributed by atoms with Gasteiger partial charge in [0.15, 0.2) is 0 Å². The van der Waals surface area contributed by atoms with Crippen LogP contribution in [0, 0.1) is 0 Å². The van der Waals surface area contributed by atoms with E-state index in [-0.39, 0.29) is 5.91 Å². The Morgan fingerprint density at radius 3 is 3.19 bits per heavy atom. The summed E-state index contributed by atoms with van der Waals surface area (Å²) < 4.78 is 2.09. The summed E-state index contributed by atoms with van der Waals surface area (Å²) in [5.41, 5.74) is 1.56. The van der Waals surface area contributed by atoms with Gasteiger partial charge in [0.1, 0.15) is 5.69 Å². The lowest BCUT2D eigenvalue weighted by molar-refractivity contribution is 0.0673. The van der Waals surface area contributed by atoms with E-state index in [4.69, 9.17) is 0 Å². The molecule has 1 amide bonds. The van der Waals surface area contributed by atoms with Gasteiger partial charge in [0.05, 0.1) is 12.4 Å². The molecule has 112 valence electrons. The number of rotatable bonds is 4. The van der Waals surface area contributed by atoms with Crippen LogP contribution < -0.4 is 0 Å². The first-order valence-corrected chi connectivity index (χ1v) is 7.59. The molecule has 0 bridgehead atoms. The Balaban J connectivity index is 1.68. The first-order valence-electron chi connectivity index (χ1n) is 7.59. The largest absolute Gasteiger partial charge is 0.335 e.